The predicted molar refractivity (Wildman–Crippen MR) is 168 cm³/mol. The number of aliphatic hydroxyl groups excluding tert-OH is 4. The number of rotatable bonds is 8. The number of Topliss-reactive ketones (excluding diaryl/α,β-unsaturated/α-hetero) is 1. The van der Waals surface area contributed by atoms with Gasteiger partial charge in [-0.25, -0.2) is 0 Å². The number of carbonyl (C=O) groups is 1. The first-order valence-electron chi connectivity index (χ1n) is 17.8. The van der Waals surface area contributed by atoms with Crippen molar-refractivity contribution in [3.63, 3.8) is 0 Å². The summed E-state index contributed by atoms with van der Waals surface area (Å²) in [6, 6.07) is 0. The standard InChI is InChI=1S/C36H60O10/c1-19(14-22(38)27(40)31(4,5)42)21-8-13-35-18-34(21,35)12-9-23-32(6)11-10-25(39)30(2,3)24(32)15-26(33(23,35)7)46-29-28(41)36(43,44)16-20(17-37)45-29/h19-24,26-29,37-38,40-44H,8-18H2,1-7H3/t19-,20?,21?,22+,23+,24-,26+,27-,28+,29?,32+,33-,34+,35+/m0/s1. The molecule has 1 aliphatic heterocycles. The van der Waals surface area contributed by atoms with Crippen LogP contribution in [0.5, 0.6) is 0 Å². The Bertz CT molecular complexity index is 1200. The van der Waals surface area contributed by atoms with Crippen LogP contribution in [0.25, 0.3) is 0 Å². The highest BCUT2D eigenvalue weighted by atomic mass is 16.7. The number of hydrogen-bond donors (Lipinski definition) is 7. The fourth-order valence-electron chi connectivity index (χ4n) is 13.0. The Hall–Kier alpha value is -0.690. The third-order valence-corrected chi connectivity index (χ3v) is 15.3. The van der Waals surface area contributed by atoms with Gasteiger partial charge in [0.2, 0.25) is 0 Å². The van der Waals surface area contributed by atoms with E-state index in [1.807, 2.05) is 0 Å². The summed E-state index contributed by atoms with van der Waals surface area (Å²) < 4.78 is 12.8. The zero-order chi connectivity index (χ0) is 34.0. The van der Waals surface area contributed by atoms with Crippen molar-refractivity contribution in [1.29, 1.82) is 0 Å². The second kappa shape index (κ2) is 10.9. The van der Waals surface area contributed by atoms with Gasteiger partial charge in [-0.05, 0) is 105 Å². The minimum Gasteiger partial charge on any atom is -0.394 e. The molecule has 10 heteroatoms. The molecular formula is C36H60O10. The van der Waals surface area contributed by atoms with Gasteiger partial charge in [-0.15, -0.1) is 0 Å². The SMILES string of the molecule is C[C@@H](C[C@@H](O)[C@H](O)C(C)(C)O)C1CC[C@]23C[C@]12CC[C@@H]1[C@@]2(C)CCC(=O)C(C)(C)[C@@H]2C[C@@H](OC2OC(CO)CC(O)(O)[C@@H]2O)[C@]13C. The molecule has 1 heterocycles. The molecule has 0 spiro atoms. The number of carbonyl (C=O) groups excluding carboxylic acids is 1. The van der Waals surface area contributed by atoms with E-state index in [9.17, 15) is 40.5 Å². The van der Waals surface area contributed by atoms with E-state index in [0.717, 1.165) is 38.5 Å². The van der Waals surface area contributed by atoms with Gasteiger partial charge in [0, 0.05) is 23.7 Å². The zero-order valence-corrected chi connectivity index (χ0v) is 28.9. The first-order chi connectivity index (χ1) is 21.1. The molecule has 0 aromatic heterocycles. The number of aliphatic hydroxyl groups is 7. The first kappa shape index (κ1) is 35.1. The molecule has 6 rings (SSSR count). The Morgan fingerprint density at radius 1 is 1.04 bits per heavy atom. The predicted octanol–water partition coefficient (Wildman–Crippen LogP) is 2.66. The normalized spacial score (nSPS) is 49.6. The van der Waals surface area contributed by atoms with Crippen molar-refractivity contribution in [1.82, 2.24) is 0 Å². The van der Waals surface area contributed by atoms with Gasteiger partial charge in [0.1, 0.15) is 11.9 Å². The van der Waals surface area contributed by atoms with Crippen LogP contribution in [0.2, 0.25) is 0 Å². The molecule has 46 heavy (non-hydrogen) atoms. The summed E-state index contributed by atoms with van der Waals surface area (Å²) in [6.07, 6.45) is 0.307. The average Bonchev–Trinajstić information content (AvgIpc) is 3.53. The number of ketones is 1. The lowest BCUT2D eigenvalue weighted by molar-refractivity contribution is -0.375. The molecule has 14 atom stereocenters. The molecule has 10 nitrogen and oxygen atoms in total. The van der Waals surface area contributed by atoms with Gasteiger partial charge >= 0.3 is 0 Å². The van der Waals surface area contributed by atoms with E-state index in [-0.39, 0.29) is 51.6 Å². The molecule has 5 aliphatic carbocycles. The summed E-state index contributed by atoms with van der Waals surface area (Å²) in [5.74, 6) is -1.52. The van der Waals surface area contributed by atoms with Gasteiger partial charge in [0.05, 0.1) is 30.5 Å². The van der Waals surface area contributed by atoms with Crippen molar-refractivity contribution >= 4 is 5.78 Å². The van der Waals surface area contributed by atoms with E-state index in [1.165, 1.54) is 13.8 Å². The van der Waals surface area contributed by atoms with Crippen LogP contribution in [0.15, 0.2) is 0 Å². The molecule has 3 unspecified atom stereocenters. The maximum atomic E-state index is 13.4. The van der Waals surface area contributed by atoms with Gasteiger partial charge < -0.3 is 45.2 Å². The van der Waals surface area contributed by atoms with Gasteiger partial charge in [-0.3, -0.25) is 4.79 Å². The van der Waals surface area contributed by atoms with Crippen LogP contribution in [-0.4, -0.2) is 96.3 Å². The first-order valence-corrected chi connectivity index (χ1v) is 17.8. The van der Waals surface area contributed by atoms with Gasteiger partial charge in [0.25, 0.3) is 0 Å². The molecule has 264 valence electrons. The zero-order valence-electron chi connectivity index (χ0n) is 28.9. The Kier molecular flexibility index (Phi) is 8.33. The molecule has 0 aromatic rings. The van der Waals surface area contributed by atoms with Crippen LogP contribution in [-0.2, 0) is 14.3 Å². The summed E-state index contributed by atoms with van der Waals surface area (Å²) in [4.78, 5) is 13.4. The van der Waals surface area contributed by atoms with Crippen molar-refractivity contribution in [2.45, 2.75) is 161 Å². The number of ether oxygens (including phenoxy) is 2. The Morgan fingerprint density at radius 3 is 2.35 bits per heavy atom. The molecule has 1 saturated heterocycles. The van der Waals surface area contributed by atoms with Crippen LogP contribution < -0.4 is 0 Å². The lowest BCUT2D eigenvalue weighted by Gasteiger charge is -2.68. The van der Waals surface area contributed by atoms with Crippen molar-refractivity contribution in [2.75, 3.05) is 6.61 Å². The molecule has 6 fully saturated rings. The van der Waals surface area contributed by atoms with E-state index in [2.05, 4.69) is 34.6 Å². The Morgan fingerprint density at radius 2 is 1.72 bits per heavy atom. The molecule has 0 aromatic carbocycles. The molecule has 0 amide bonds. The Balaban J connectivity index is 1.36. The second-order valence-corrected chi connectivity index (χ2v) is 18.2. The molecule has 7 N–H and O–H groups in total. The smallest absolute Gasteiger partial charge is 0.197 e. The molecule has 0 bridgehead atoms. The maximum Gasteiger partial charge on any atom is 0.197 e. The third kappa shape index (κ3) is 4.71. The van der Waals surface area contributed by atoms with Gasteiger partial charge in [-0.1, -0.05) is 34.6 Å². The van der Waals surface area contributed by atoms with E-state index < -0.39 is 60.2 Å². The van der Waals surface area contributed by atoms with Crippen LogP contribution >= 0.6 is 0 Å². The minimum atomic E-state index is -2.48. The summed E-state index contributed by atoms with van der Waals surface area (Å²) in [6.45, 7) is 13.6. The van der Waals surface area contributed by atoms with E-state index in [1.54, 1.807) is 0 Å². The summed E-state index contributed by atoms with van der Waals surface area (Å²) >= 11 is 0. The monoisotopic (exact) mass is 652 g/mol. The van der Waals surface area contributed by atoms with Crippen molar-refractivity contribution < 1.29 is 50.0 Å². The van der Waals surface area contributed by atoms with E-state index in [0.29, 0.717) is 25.2 Å². The van der Waals surface area contributed by atoms with Crippen LogP contribution in [0, 0.1) is 50.7 Å². The van der Waals surface area contributed by atoms with Crippen molar-refractivity contribution in [3.05, 3.63) is 0 Å². The molecule has 6 aliphatic rings. The number of hydrogen-bond acceptors (Lipinski definition) is 10. The van der Waals surface area contributed by atoms with Crippen LogP contribution in [0.4, 0.5) is 0 Å². The lowest BCUT2D eigenvalue weighted by Crippen LogP contribution is -2.68. The quantitative estimate of drug-likeness (QED) is 0.152. The van der Waals surface area contributed by atoms with Crippen LogP contribution in [0.1, 0.15) is 113 Å². The van der Waals surface area contributed by atoms with Gasteiger partial charge in [0.15, 0.2) is 18.2 Å². The maximum absolute atomic E-state index is 13.4. The topological polar surface area (TPSA) is 177 Å². The van der Waals surface area contributed by atoms with E-state index >= 15 is 0 Å². The minimum absolute atomic E-state index is 0.0271. The third-order valence-electron chi connectivity index (χ3n) is 15.3. The average molecular weight is 653 g/mol. The van der Waals surface area contributed by atoms with E-state index in [4.69, 9.17) is 9.47 Å². The highest BCUT2D eigenvalue weighted by Crippen LogP contribution is 2.91. The largest absolute Gasteiger partial charge is 0.394 e. The van der Waals surface area contributed by atoms with Gasteiger partial charge in [-0.2, -0.15) is 0 Å². The highest BCUT2D eigenvalue weighted by molar-refractivity contribution is 5.85. The summed E-state index contributed by atoms with van der Waals surface area (Å²) in [5.41, 5.74) is -2.49. The fraction of sp³-hybridized carbons (Fsp3) is 0.972. The van der Waals surface area contributed by atoms with Crippen molar-refractivity contribution in [2.24, 2.45) is 50.7 Å². The fourth-order valence-corrected chi connectivity index (χ4v) is 13.0. The van der Waals surface area contributed by atoms with Crippen molar-refractivity contribution in [3.8, 4) is 0 Å². The highest BCUT2D eigenvalue weighted by Gasteiger charge is 2.85. The molecular weight excluding hydrogens is 592 g/mol. The molecule has 0 radical (unpaired) electrons. The lowest BCUT2D eigenvalue weighted by atomic mass is 9.37. The summed E-state index contributed by atoms with van der Waals surface area (Å²) in [7, 11) is 0. The second-order valence-electron chi connectivity index (χ2n) is 18.2. The Labute approximate surface area is 273 Å². The number of fused-ring (bicyclic) bond motifs is 3. The summed E-state index contributed by atoms with van der Waals surface area (Å²) in [5, 5.41) is 74.2. The van der Waals surface area contributed by atoms with Crippen LogP contribution in [0.3, 0.4) is 0 Å². The molecule has 5 saturated carbocycles.